The maximum atomic E-state index is 4.28. The van der Waals surface area contributed by atoms with Crippen molar-refractivity contribution >= 4 is 0 Å². The highest BCUT2D eigenvalue weighted by Crippen LogP contribution is 2.01. The SMILES string of the molecule is C=C(C)CCn1cc(CNCC)cn1. The maximum Gasteiger partial charge on any atom is 0.0534 e. The van der Waals surface area contributed by atoms with Crippen molar-refractivity contribution in [3.63, 3.8) is 0 Å². The summed E-state index contributed by atoms with van der Waals surface area (Å²) >= 11 is 0. The van der Waals surface area contributed by atoms with Crippen LogP contribution in [-0.2, 0) is 13.1 Å². The molecule has 78 valence electrons. The third-order valence-electron chi connectivity index (χ3n) is 2.03. The van der Waals surface area contributed by atoms with E-state index in [-0.39, 0.29) is 0 Å². The van der Waals surface area contributed by atoms with Crippen LogP contribution in [-0.4, -0.2) is 16.3 Å². The van der Waals surface area contributed by atoms with Gasteiger partial charge in [-0.05, 0) is 19.9 Å². The molecule has 0 spiro atoms. The van der Waals surface area contributed by atoms with E-state index in [2.05, 4.69) is 30.1 Å². The highest BCUT2D eigenvalue weighted by molar-refractivity contribution is 5.03. The highest BCUT2D eigenvalue weighted by Gasteiger charge is 1.97. The maximum absolute atomic E-state index is 4.28. The fraction of sp³-hybridized carbons (Fsp3) is 0.545. The molecule has 14 heavy (non-hydrogen) atoms. The van der Waals surface area contributed by atoms with Crippen molar-refractivity contribution in [1.29, 1.82) is 0 Å². The fourth-order valence-electron chi connectivity index (χ4n) is 1.19. The van der Waals surface area contributed by atoms with Gasteiger partial charge in [0.1, 0.15) is 0 Å². The molecule has 0 saturated carbocycles. The van der Waals surface area contributed by atoms with E-state index in [0.717, 1.165) is 26.1 Å². The van der Waals surface area contributed by atoms with Gasteiger partial charge in [0.15, 0.2) is 0 Å². The zero-order valence-electron chi connectivity index (χ0n) is 9.08. The van der Waals surface area contributed by atoms with Gasteiger partial charge >= 0.3 is 0 Å². The molecule has 0 amide bonds. The number of allylic oxidation sites excluding steroid dienone is 1. The Labute approximate surface area is 85.8 Å². The molecule has 1 rings (SSSR count). The summed E-state index contributed by atoms with van der Waals surface area (Å²) in [7, 11) is 0. The van der Waals surface area contributed by atoms with Crippen molar-refractivity contribution in [3.05, 3.63) is 30.1 Å². The standard InChI is InChI=1S/C11H19N3/c1-4-12-7-11-8-13-14(9-11)6-5-10(2)3/h8-9,12H,2,4-7H2,1,3H3. The fourth-order valence-corrected chi connectivity index (χ4v) is 1.19. The molecule has 0 aliphatic carbocycles. The Balaban J connectivity index is 2.38. The largest absolute Gasteiger partial charge is 0.313 e. The van der Waals surface area contributed by atoms with Crippen LogP contribution in [0.25, 0.3) is 0 Å². The summed E-state index contributed by atoms with van der Waals surface area (Å²) in [5.41, 5.74) is 2.45. The summed E-state index contributed by atoms with van der Waals surface area (Å²) in [5, 5.41) is 7.55. The predicted molar refractivity (Wildman–Crippen MR) is 59.0 cm³/mol. The number of hydrogen-bond acceptors (Lipinski definition) is 2. The molecule has 0 saturated heterocycles. The summed E-state index contributed by atoms with van der Waals surface area (Å²) < 4.78 is 1.97. The molecule has 1 aromatic heterocycles. The van der Waals surface area contributed by atoms with Gasteiger partial charge in [0.05, 0.1) is 6.20 Å². The smallest absolute Gasteiger partial charge is 0.0534 e. The molecule has 0 atom stereocenters. The highest BCUT2D eigenvalue weighted by atomic mass is 15.3. The van der Waals surface area contributed by atoms with Gasteiger partial charge in [-0.3, -0.25) is 4.68 Å². The van der Waals surface area contributed by atoms with E-state index in [1.165, 1.54) is 11.1 Å². The molecule has 0 aliphatic rings. The lowest BCUT2D eigenvalue weighted by Crippen LogP contribution is -2.11. The van der Waals surface area contributed by atoms with E-state index < -0.39 is 0 Å². The molecule has 0 bridgehead atoms. The molecule has 1 N–H and O–H groups in total. The predicted octanol–water partition coefficient (Wildman–Crippen LogP) is 1.96. The quantitative estimate of drug-likeness (QED) is 0.700. The second-order valence-electron chi connectivity index (χ2n) is 3.60. The monoisotopic (exact) mass is 193 g/mol. The van der Waals surface area contributed by atoms with Gasteiger partial charge in [0.25, 0.3) is 0 Å². The molecular formula is C11H19N3. The van der Waals surface area contributed by atoms with E-state index in [0.29, 0.717) is 0 Å². The van der Waals surface area contributed by atoms with Crippen LogP contribution in [0.3, 0.4) is 0 Å². The Morgan fingerprint density at radius 3 is 3.07 bits per heavy atom. The van der Waals surface area contributed by atoms with Crippen molar-refractivity contribution in [2.75, 3.05) is 6.54 Å². The number of rotatable bonds is 6. The van der Waals surface area contributed by atoms with Crippen LogP contribution in [0.4, 0.5) is 0 Å². The zero-order valence-corrected chi connectivity index (χ0v) is 9.08. The van der Waals surface area contributed by atoms with Crippen LogP contribution < -0.4 is 5.32 Å². The van der Waals surface area contributed by atoms with E-state index in [9.17, 15) is 0 Å². The first-order chi connectivity index (χ1) is 6.72. The number of aromatic nitrogens is 2. The average Bonchev–Trinajstić information content (AvgIpc) is 2.59. The van der Waals surface area contributed by atoms with Crippen molar-refractivity contribution in [2.45, 2.75) is 33.4 Å². The molecule has 0 unspecified atom stereocenters. The summed E-state index contributed by atoms with van der Waals surface area (Å²) in [4.78, 5) is 0. The van der Waals surface area contributed by atoms with Crippen LogP contribution in [0, 0.1) is 0 Å². The zero-order chi connectivity index (χ0) is 10.4. The van der Waals surface area contributed by atoms with Gasteiger partial charge in [-0.1, -0.05) is 12.5 Å². The van der Waals surface area contributed by atoms with Crippen LogP contribution in [0.15, 0.2) is 24.5 Å². The Morgan fingerprint density at radius 1 is 1.64 bits per heavy atom. The molecular weight excluding hydrogens is 174 g/mol. The van der Waals surface area contributed by atoms with Crippen molar-refractivity contribution in [2.24, 2.45) is 0 Å². The van der Waals surface area contributed by atoms with Gasteiger partial charge in [-0.25, -0.2) is 0 Å². The molecule has 1 heterocycles. The van der Waals surface area contributed by atoms with E-state index in [4.69, 9.17) is 0 Å². The topological polar surface area (TPSA) is 29.9 Å². The molecule has 0 radical (unpaired) electrons. The first-order valence-corrected chi connectivity index (χ1v) is 5.08. The summed E-state index contributed by atoms with van der Waals surface area (Å²) in [5.74, 6) is 0. The van der Waals surface area contributed by atoms with Crippen molar-refractivity contribution < 1.29 is 0 Å². The minimum absolute atomic E-state index is 0.906. The minimum atomic E-state index is 0.906. The number of nitrogens with one attached hydrogen (secondary N) is 1. The lowest BCUT2D eigenvalue weighted by Gasteiger charge is -2.00. The molecule has 0 aliphatic heterocycles. The number of nitrogens with zero attached hydrogens (tertiary/aromatic N) is 2. The Bertz CT molecular complexity index is 288. The third-order valence-corrected chi connectivity index (χ3v) is 2.03. The summed E-state index contributed by atoms with van der Waals surface area (Å²) in [6.45, 7) is 10.9. The lowest BCUT2D eigenvalue weighted by molar-refractivity contribution is 0.611. The molecule has 3 heteroatoms. The van der Waals surface area contributed by atoms with Gasteiger partial charge in [-0.15, -0.1) is 6.58 Å². The Morgan fingerprint density at radius 2 is 2.43 bits per heavy atom. The molecule has 0 fully saturated rings. The van der Waals surface area contributed by atoms with Crippen molar-refractivity contribution in [3.8, 4) is 0 Å². The molecule has 3 nitrogen and oxygen atoms in total. The first-order valence-electron chi connectivity index (χ1n) is 5.08. The molecule has 1 aromatic rings. The van der Waals surface area contributed by atoms with Crippen LogP contribution in [0.5, 0.6) is 0 Å². The molecule has 0 aromatic carbocycles. The average molecular weight is 193 g/mol. The number of aryl methyl sites for hydroxylation is 1. The Hall–Kier alpha value is -1.09. The normalized spacial score (nSPS) is 10.4. The van der Waals surface area contributed by atoms with Gasteiger partial charge in [0.2, 0.25) is 0 Å². The summed E-state index contributed by atoms with van der Waals surface area (Å²) in [6, 6.07) is 0. The van der Waals surface area contributed by atoms with Crippen LogP contribution in [0.2, 0.25) is 0 Å². The Kier molecular flexibility index (Phi) is 4.40. The second-order valence-corrected chi connectivity index (χ2v) is 3.60. The second kappa shape index (κ2) is 5.60. The van der Waals surface area contributed by atoms with E-state index in [1.54, 1.807) is 0 Å². The minimum Gasteiger partial charge on any atom is -0.313 e. The van der Waals surface area contributed by atoms with E-state index >= 15 is 0 Å². The number of hydrogen-bond donors (Lipinski definition) is 1. The van der Waals surface area contributed by atoms with Crippen molar-refractivity contribution in [1.82, 2.24) is 15.1 Å². The van der Waals surface area contributed by atoms with Gasteiger partial charge in [-0.2, -0.15) is 5.10 Å². The lowest BCUT2D eigenvalue weighted by atomic mass is 10.2. The first kappa shape index (κ1) is 11.0. The third kappa shape index (κ3) is 3.75. The summed E-state index contributed by atoms with van der Waals surface area (Å²) in [6.07, 6.45) is 5.01. The van der Waals surface area contributed by atoms with Gasteiger partial charge < -0.3 is 5.32 Å². The van der Waals surface area contributed by atoms with Crippen LogP contribution >= 0.6 is 0 Å². The van der Waals surface area contributed by atoms with E-state index in [1.807, 2.05) is 17.8 Å². The van der Waals surface area contributed by atoms with Crippen LogP contribution in [0.1, 0.15) is 25.8 Å². The van der Waals surface area contributed by atoms with Gasteiger partial charge in [0, 0.05) is 24.8 Å².